The Morgan fingerprint density at radius 3 is 2.88 bits per heavy atom. The summed E-state index contributed by atoms with van der Waals surface area (Å²) in [7, 11) is 0. The molecule has 0 spiro atoms. The van der Waals surface area contributed by atoms with Gasteiger partial charge in [0, 0.05) is 10.3 Å². The summed E-state index contributed by atoms with van der Waals surface area (Å²) >= 11 is 5.48. The molecule has 0 fully saturated rings. The largest absolute Gasteiger partial charge is 0.347 e. The van der Waals surface area contributed by atoms with Crippen LogP contribution in [0.15, 0.2) is 22.9 Å². The van der Waals surface area contributed by atoms with Crippen LogP contribution in [0.3, 0.4) is 0 Å². The zero-order chi connectivity index (χ0) is 11.5. The van der Waals surface area contributed by atoms with Gasteiger partial charge in [-0.15, -0.1) is 22.7 Å². The molecule has 2 aromatic rings. The fraction of sp³-hybridized carbons (Fsp3) is 0.182. The number of carbonyl (C=O) groups is 1. The summed E-state index contributed by atoms with van der Waals surface area (Å²) in [6.07, 6.45) is 0. The van der Waals surface area contributed by atoms with Crippen LogP contribution in [0.1, 0.15) is 20.8 Å². The number of halogens is 1. The lowest BCUT2D eigenvalue weighted by atomic mass is 10.3. The van der Waals surface area contributed by atoms with Gasteiger partial charge in [-0.25, -0.2) is 0 Å². The number of hydrogen-bond donors (Lipinski definition) is 1. The number of nitrogens with one attached hydrogen (secondary N) is 1. The number of aryl methyl sites for hydroxylation is 1. The van der Waals surface area contributed by atoms with E-state index in [-0.39, 0.29) is 5.91 Å². The number of rotatable bonds is 3. The highest BCUT2D eigenvalue weighted by Crippen LogP contribution is 2.18. The molecule has 0 unspecified atom stereocenters. The second kappa shape index (κ2) is 5.29. The Hall–Kier alpha value is -0.400. The maximum absolute atomic E-state index is 11.8. The fourth-order valence-corrected chi connectivity index (χ4v) is 3.45. The van der Waals surface area contributed by atoms with Crippen LogP contribution in [-0.2, 0) is 6.54 Å². The van der Waals surface area contributed by atoms with Gasteiger partial charge in [-0.05, 0) is 52.6 Å². The van der Waals surface area contributed by atoms with Crippen molar-refractivity contribution in [2.24, 2.45) is 0 Å². The quantitative estimate of drug-likeness (QED) is 0.829. The monoisotopic (exact) mass is 363 g/mol. The molecular formula is C11H10INOS2. The molecule has 1 amide bonds. The van der Waals surface area contributed by atoms with E-state index in [1.54, 1.807) is 22.7 Å². The molecule has 0 saturated heterocycles. The van der Waals surface area contributed by atoms with Crippen LogP contribution >= 0.6 is 45.3 Å². The summed E-state index contributed by atoms with van der Waals surface area (Å²) in [6.45, 7) is 2.68. The van der Waals surface area contributed by atoms with E-state index < -0.39 is 0 Å². The van der Waals surface area contributed by atoms with Gasteiger partial charge in [-0.2, -0.15) is 0 Å². The maximum atomic E-state index is 11.8. The van der Waals surface area contributed by atoms with E-state index in [4.69, 9.17) is 0 Å². The Morgan fingerprint density at radius 1 is 1.50 bits per heavy atom. The highest BCUT2D eigenvalue weighted by molar-refractivity contribution is 14.1. The smallest absolute Gasteiger partial charge is 0.252 e. The van der Waals surface area contributed by atoms with Gasteiger partial charge in [0.1, 0.15) is 0 Å². The van der Waals surface area contributed by atoms with Crippen LogP contribution in [0.4, 0.5) is 0 Å². The van der Waals surface area contributed by atoms with Crippen molar-refractivity contribution in [3.8, 4) is 0 Å². The Labute approximate surface area is 116 Å². The Morgan fingerprint density at radius 2 is 2.31 bits per heavy atom. The summed E-state index contributed by atoms with van der Waals surface area (Å²) in [5, 5.41) is 6.86. The molecule has 0 aromatic carbocycles. The first-order valence-electron chi connectivity index (χ1n) is 4.72. The van der Waals surface area contributed by atoms with Crippen molar-refractivity contribution in [3.63, 3.8) is 0 Å². The number of carbonyl (C=O) groups excluding carboxylic acids is 1. The van der Waals surface area contributed by atoms with Gasteiger partial charge in [-0.1, -0.05) is 0 Å². The molecule has 84 valence electrons. The van der Waals surface area contributed by atoms with E-state index in [9.17, 15) is 4.79 Å². The minimum Gasteiger partial charge on any atom is -0.347 e. The van der Waals surface area contributed by atoms with Gasteiger partial charge in [0.05, 0.1) is 15.0 Å². The van der Waals surface area contributed by atoms with Crippen molar-refractivity contribution in [2.75, 3.05) is 0 Å². The molecule has 0 saturated carbocycles. The molecule has 0 aliphatic heterocycles. The number of hydrogen-bond acceptors (Lipinski definition) is 3. The van der Waals surface area contributed by atoms with Crippen LogP contribution in [0, 0.1) is 9.81 Å². The summed E-state index contributed by atoms with van der Waals surface area (Å²) in [5.74, 6) is 0.00645. The van der Waals surface area contributed by atoms with E-state index in [2.05, 4.69) is 40.9 Å². The van der Waals surface area contributed by atoms with Crippen LogP contribution in [0.5, 0.6) is 0 Å². The van der Waals surface area contributed by atoms with Gasteiger partial charge < -0.3 is 5.32 Å². The Balaban J connectivity index is 1.96. The van der Waals surface area contributed by atoms with E-state index in [0.717, 1.165) is 8.45 Å². The molecule has 2 nitrogen and oxygen atoms in total. The predicted octanol–water partition coefficient (Wildman–Crippen LogP) is 3.65. The second-order valence-corrected chi connectivity index (χ2v) is 7.16. The Bertz CT molecular complexity index is 504. The molecule has 16 heavy (non-hydrogen) atoms. The van der Waals surface area contributed by atoms with Crippen molar-refractivity contribution in [1.29, 1.82) is 0 Å². The lowest BCUT2D eigenvalue weighted by Gasteiger charge is -2.02. The van der Waals surface area contributed by atoms with Gasteiger partial charge in [0.15, 0.2) is 0 Å². The van der Waals surface area contributed by atoms with Crippen molar-refractivity contribution >= 4 is 51.2 Å². The summed E-state index contributed by atoms with van der Waals surface area (Å²) in [5.41, 5.74) is 1.99. The molecule has 0 atom stereocenters. The van der Waals surface area contributed by atoms with E-state index in [1.807, 2.05) is 16.8 Å². The SMILES string of the molecule is Cc1ccsc1CNC(=O)c1csc(I)c1. The van der Waals surface area contributed by atoms with Crippen molar-refractivity contribution < 1.29 is 4.79 Å². The van der Waals surface area contributed by atoms with Gasteiger partial charge in [-0.3, -0.25) is 4.79 Å². The van der Waals surface area contributed by atoms with Gasteiger partial charge in [0.2, 0.25) is 0 Å². The first kappa shape index (κ1) is 12.1. The average Bonchev–Trinajstić information content (AvgIpc) is 2.84. The lowest BCUT2D eigenvalue weighted by molar-refractivity contribution is 0.0951. The standard InChI is InChI=1S/C11H10INOS2/c1-7-2-3-15-9(7)5-13-11(14)8-4-10(12)16-6-8/h2-4,6H,5H2,1H3,(H,13,14). The predicted molar refractivity (Wildman–Crippen MR) is 77.3 cm³/mol. The molecule has 5 heteroatoms. The molecule has 2 rings (SSSR count). The number of amides is 1. The highest BCUT2D eigenvalue weighted by Gasteiger charge is 2.08. The zero-order valence-electron chi connectivity index (χ0n) is 8.62. The molecule has 2 heterocycles. The minimum absolute atomic E-state index is 0.00645. The molecule has 0 aliphatic rings. The molecule has 0 radical (unpaired) electrons. The van der Waals surface area contributed by atoms with E-state index in [0.29, 0.717) is 6.54 Å². The van der Waals surface area contributed by atoms with E-state index >= 15 is 0 Å². The Kier molecular flexibility index (Phi) is 3.99. The third-order valence-corrected chi connectivity index (χ3v) is 5.02. The maximum Gasteiger partial charge on any atom is 0.252 e. The van der Waals surface area contributed by atoms with Crippen LogP contribution in [-0.4, -0.2) is 5.91 Å². The molecule has 0 aliphatic carbocycles. The first-order chi connectivity index (χ1) is 7.66. The van der Waals surface area contributed by atoms with Gasteiger partial charge >= 0.3 is 0 Å². The normalized spacial score (nSPS) is 10.4. The van der Waals surface area contributed by atoms with Crippen molar-refractivity contribution in [2.45, 2.75) is 13.5 Å². The van der Waals surface area contributed by atoms with E-state index in [1.165, 1.54) is 10.4 Å². The summed E-state index contributed by atoms with van der Waals surface area (Å²) in [6, 6.07) is 3.97. The molecule has 1 N–H and O–H groups in total. The van der Waals surface area contributed by atoms with Crippen LogP contribution < -0.4 is 5.32 Å². The first-order valence-corrected chi connectivity index (χ1v) is 7.56. The zero-order valence-corrected chi connectivity index (χ0v) is 12.4. The minimum atomic E-state index is 0.00645. The fourth-order valence-electron chi connectivity index (χ4n) is 1.28. The number of thiophene rings is 2. The lowest BCUT2D eigenvalue weighted by Crippen LogP contribution is -2.22. The summed E-state index contributed by atoms with van der Waals surface area (Å²) < 4.78 is 1.13. The van der Waals surface area contributed by atoms with Crippen LogP contribution in [0.2, 0.25) is 0 Å². The third-order valence-electron chi connectivity index (χ3n) is 2.21. The topological polar surface area (TPSA) is 29.1 Å². The summed E-state index contributed by atoms with van der Waals surface area (Å²) in [4.78, 5) is 13.0. The average molecular weight is 363 g/mol. The van der Waals surface area contributed by atoms with Crippen molar-refractivity contribution in [3.05, 3.63) is 41.8 Å². The molecular weight excluding hydrogens is 353 g/mol. The molecule has 0 bridgehead atoms. The second-order valence-electron chi connectivity index (χ2n) is 3.35. The van der Waals surface area contributed by atoms with Gasteiger partial charge in [0.25, 0.3) is 5.91 Å². The highest BCUT2D eigenvalue weighted by atomic mass is 127. The van der Waals surface area contributed by atoms with Crippen molar-refractivity contribution in [1.82, 2.24) is 5.32 Å². The van der Waals surface area contributed by atoms with Crippen LogP contribution in [0.25, 0.3) is 0 Å². The third kappa shape index (κ3) is 2.83. The molecule has 2 aromatic heterocycles.